The zero-order chi connectivity index (χ0) is 11.5. The topological polar surface area (TPSA) is 79.5 Å². The molecule has 0 saturated heterocycles. The molecule has 0 aliphatic heterocycles. The average Bonchev–Trinajstić information content (AvgIpc) is 2.65. The first kappa shape index (κ1) is 12.0. The van der Waals surface area contributed by atoms with E-state index >= 15 is 0 Å². The predicted octanol–water partition coefficient (Wildman–Crippen LogP) is 0.625. The molecule has 1 rings (SSSR count). The van der Waals surface area contributed by atoms with Crippen LogP contribution in [0.15, 0.2) is 34.3 Å². The highest BCUT2D eigenvalue weighted by Crippen LogP contribution is 2.14. The Labute approximate surface area is 88.5 Å². The molecule has 0 bridgehead atoms. The molecule has 5 nitrogen and oxygen atoms in total. The van der Waals surface area contributed by atoms with E-state index < -0.39 is 10.0 Å². The third kappa shape index (κ3) is 2.92. The highest BCUT2D eigenvalue weighted by atomic mass is 32.2. The third-order valence-corrected chi connectivity index (χ3v) is 3.18. The van der Waals surface area contributed by atoms with E-state index in [1.165, 1.54) is 18.2 Å². The number of aliphatic hydroxyl groups excluding tert-OH is 1. The van der Waals surface area contributed by atoms with E-state index in [9.17, 15) is 8.42 Å². The number of aliphatic hydroxyl groups is 1. The van der Waals surface area contributed by atoms with Crippen LogP contribution in [0, 0.1) is 0 Å². The number of hydrogen-bond acceptors (Lipinski definition) is 4. The molecule has 1 aromatic rings. The van der Waals surface area contributed by atoms with Crippen molar-refractivity contribution in [1.82, 2.24) is 4.72 Å². The van der Waals surface area contributed by atoms with Gasteiger partial charge in [0, 0.05) is 6.04 Å². The molecule has 0 aliphatic rings. The van der Waals surface area contributed by atoms with Crippen LogP contribution in [0.25, 0.3) is 0 Å². The van der Waals surface area contributed by atoms with Crippen LogP contribution in [0.3, 0.4) is 0 Å². The molecule has 0 aliphatic carbocycles. The van der Waals surface area contributed by atoms with Gasteiger partial charge in [0.15, 0.2) is 0 Å². The lowest BCUT2D eigenvalue weighted by Gasteiger charge is -2.07. The molecule has 1 aromatic heterocycles. The molecule has 84 valence electrons. The zero-order valence-corrected chi connectivity index (χ0v) is 9.12. The molecule has 1 atom stereocenters. The van der Waals surface area contributed by atoms with Crippen molar-refractivity contribution < 1.29 is 17.9 Å². The van der Waals surface area contributed by atoms with Crippen molar-refractivity contribution in [3.63, 3.8) is 0 Å². The fourth-order valence-electron chi connectivity index (χ4n) is 0.939. The molecular formula is C9H13NO4S. The maximum absolute atomic E-state index is 11.6. The van der Waals surface area contributed by atoms with Gasteiger partial charge in [-0.3, -0.25) is 0 Å². The van der Waals surface area contributed by atoms with E-state index in [0.717, 1.165) is 0 Å². The maximum atomic E-state index is 11.6. The Morgan fingerprint density at radius 3 is 2.80 bits per heavy atom. The van der Waals surface area contributed by atoms with Gasteiger partial charge in [-0.15, -0.1) is 6.58 Å². The van der Waals surface area contributed by atoms with Gasteiger partial charge in [0.05, 0.1) is 0 Å². The summed E-state index contributed by atoms with van der Waals surface area (Å²) < 4.78 is 30.4. The third-order valence-electron chi connectivity index (χ3n) is 1.75. The lowest BCUT2D eigenvalue weighted by molar-refractivity contribution is 0.236. The minimum atomic E-state index is -3.66. The first-order chi connectivity index (χ1) is 6.99. The predicted molar refractivity (Wildman–Crippen MR) is 54.6 cm³/mol. The summed E-state index contributed by atoms with van der Waals surface area (Å²) in [5.74, 6) is 0.210. The fraction of sp³-hybridized carbons (Fsp3) is 0.333. The van der Waals surface area contributed by atoms with Gasteiger partial charge in [-0.1, -0.05) is 6.08 Å². The molecule has 6 heteroatoms. The Morgan fingerprint density at radius 1 is 1.67 bits per heavy atom. The number of nitrogens with one attached hydrogen (secondary N) is 1. The molecule has 1 unspecified atom stereocenters. The molecule has 1 heterocycles. The molecule has 15 heavy (non-hydrogen) atoms. The van der Waals surface area contributed by atoms with E-state index in [-0.39, 0.29) is 23.5 Å². The van der Waals surface area contributed by atoms with Crippen molar-refractivity contribution in [2.24, 2.45) is 0 Å². The van der Waals surface area contributed by atoms with E-state index in [2.05, 4.69) is 11.3 Å². The summed E-state index contributed by atoms with van der Waals surface area (Å²) in [6, 6.07) is 2.33. The number of sulfonamides is 1. The number of hydrogen-bond donors (Lipinski definition) is 2. The van der Waals surface area contributed by atoms with Crippen molar-refractivity contribution in [3.05, 3.63) is 30.5 Å². The summed E-state index contributed by atoms with van der Waals surface area (Å²) in [5, 5.41) is 8.51. The number of rotatable bonds is 5. The van der Waals surface area contributed by atoms with Gasteiger partial charge >= 0.3 is 0 Å². The van der Waals surface area contributed by atoms with Gasteiger partial charge in [0.1, 0.15) is 12.4 Å². The molecule has 0 saturated carbocycles. The Bertz CT molecular complexity index is 435. The van der Waals surface area contributed by atoms with Crippen LogP contribution in [-0.2, 0) is 16.6 Å². The molecule has 2 N–H and O–H groups in total. The summed E-state index contributed by atoms with van der Waals surface area (Å²) in [6.45, 7) is 4.79. The van der Waals surface area contributed by atoms with Crippen LogP contribution < -0.4 is 4.72 Å². The van der Waals surface area contributed by atoms with Crippen molar-refractivity contribution in [2.45, 2.75) is 24.7 Å². The van der Waals surface area contributed by atoms with Crippen LogP contribution in [0.5, 0.6) is 0 Å². The van der Waals surface area contributed by atoms with Gasteiger partial charge in [0.2, 0.25) is 5.09 Å². The second-order valence-electron chi connectivity index (χ2n) is 3.02. The largest absolute Gasteiger partial charge is 0.446 e. The molecule has 0 aromatic carbocycles. The smallest absolute Gasteiger partial charge is 0.274 e. The van der Waals surface area contributed by atoms with Gasteiger partial charge in [-0.25, -0.2) is 13.1 Å². The van der Waals surface area contributed by atoms with E-state index in [1.54, 1.807) is 6.92 Å². The van der Waals surface area contributed by atoms with E-state index in [0.29, 0.717) is 0 Å². The fourth-order valence-corrected chi connectivity index (χ4v) is 2.10. The standard InChI is InChI=1S/C9H13NO4S/c1-3-7(2)10-15(12,13)9-5-4-8(6-11)14-9/h3-5,7,10-11H,1,6H2,2H3. The average molecular weight is 231 g/mol. The van der Waals surface area contributed by atoms with Crippen LogP contribution in [0.1, 0.15) is 12.7 Å². The highest BCUT2D eigenvalue weighted by Gasteiger charge is 2.19. The SMILES string of the molecule is C=CC(C)NS(=O)(=O)c1ccc(CO)o1. The van der Waals surface area contributed by atoms with Gasteiger partial charge in [0.25, 0.3) is 10.0 Å². The molecule has 0 spiro atoms. The second-order valence-corrected chi connectivity index (χ2v) is 4.67. The minimum Gasteiger partial charge on any atom is -0.446 e. The minimum absolute atomic E-state index is 0.208. The van der Waals surface area contributed by atoms with Gasteiger partial charge in [-0.05, 0) is 19.1 Å². The van der Waals surface area contributed by atoms with E-state index in [4.69, 9.17) is 9.52 Å². The first-order valence-corrected chi connectivity index (χ1v) is 5.82. The summed E-state index contributed by atoms with van der Waals surface area (Å²) in [7, 11) is -3.66. The number of furan rings is 1. The molecule has 0 amide bonds. The summed E-state index contributed by atoms with van der Waals surface area (Å²) in [6.07, 6.45) is 1.47. The van der Waals surface area contributed by atoms with Crippen LogP contribution >= 0.6 is 0 Å². The van der Waals surface area contributed by atoms with Crippen LogP contribution in [0.4, 0.5) is 0 Å². The van der Waals surface area contributed by atoms with Gasteiger partial charge < -0.3 is 9.52 Å². The van der Waals surface area contributed by atoms with Crippen LogP contribution in [0.2, 0.25) is 0 Å². The van der Waals surface area contributed by atoms with Crippen molar-refractivity contribution in [1.29, 1.82) is 0 Å². The lowest BCUT2D eigenvalue weighted by atomic mass is 10.4. The summed E-state index contributed by atoms with van der Waals surface area (Å²) >= 11 is 0. The van der Waals surface area contributed by atoms with Crippen molar-refractivity contribution in [2.75, 3.05) is 0 Å². The zero-order valence-electron chi connectivity index (χ0n) is 8.30. The maximum Gasteiger partial charge on any atom is 0.274 e. The lowest BCUT2D eigenvalue weighted by Crippen LogP contribution is -2.30. The Morgan fingerprint density at radius 2 is 2.33 bits per heavy atom. The summed E-state index contributed by atoms with van der Waals surface area (Å²) in [4.78, 5) is 0. The highest BCUT2D eigenvalue weighted by molar-refractivity contribution is 7.89. The van der Waals surface area contributed by atoms with Crippen molar-refractivity contribution in [3.8, 4) is 0 Å². The Balaban J connectivity index is 2.90. The van der Waals surface area contributed by atoms with Gasteiger partial charge in [-0.2, -0.15) is 0 Å². The Kier molecular flexibility index (Phi) is 3.67. The monoisotopic (exact) mass is 231 g/mol. The molecule has 0 fully saturated rings. The quantitative estimate of drug-likeness (QED) is 0.728. The van der Waals surface area contributed by atoms with E-state index in [1.807, 2.05) is 0 Å². The molecule has 0 radical (unpaired) electrons. The van der Waals surface area contributed by atoms with Crippen LogP contribution in [-0.4, -0.2) is 19.6 Å². The first-order valence-electron chi connectivity index (χ1n) is 4.34. The Hall–Kier alpha value is -1.11. The second kappa shape index (κ2) is 4.61. The van der Waals surface area contributed by atoms with Crippen molar-refractivity contribution >= 4 is 10.0 Å². The summed E-state index contributed by atoms with van der Waals surface area (Å²) in [5.41, 5.74) is 0. The normalized spacial score (nSPS) is 13.7. The molecular weight excluding hydrogens is 218 g/mol.